The predicted octanol–water partition coefficient (Wildman–Crippen LogP) is 1.35. The number of rotatable bonds is 5. The number of carbonyl (C=O) groups excluding carboxylic acids is 2. The van der Waals surface area contributed by atoms with Crippen molar-refractivity contribution in [3.05, 3.63) is 47.8 Å². The summed E-state index contributed by atoms with van der Waals surface area (Å²) in [7, 11) is 3.23. The van der Waals surface area contributed by atoms with Crippen molar-refractivity contribution in [1.29, 1.82) is 0 Å². The molecule has 0 aliphatic carbocycles. The van der Waals surface area contributed by atoms with Gasteiger partial charge in [0, 0.05) is 26.7 Å². The highest BCUT2D eigenvalue weighted by molar-refractivity contribution is 6.02. The van der Waals surface area contributed by atoms with Gasteiger partial charge in [-0.25, -0.2) is 0 Å². The quantitative estimate of drug-likeness (QED) is 0.871. The van der Waals surface area contributed by atoms with E-state index in [-0.39, 0.29) is 17.5 Å². The zero-order chi connectivity index (χ0) is 15.2. The fraction of sp³-hybridized carbons (Fsp3) is 0.267. The molecule has 0 saturated carbocycles. The van der Waals surface area contributed by atoms with Crippen molar-refractivity contribution < 1.29 is 9.59 Å². The van der Waals surface area contributed by atoms with Crippen LogP contribution in [-0.4, -0.2) is 28.6 Å². The number of anilines is 1. The lowest BCUT2D eigenvalue weighted by Gasteiger charge is -2.05. The van der Waals surface area contributed by atoms with E-state index in [4.69, 9.17) is 0 Å². The summed E-state index contributed by atoms with van der Waals surface area (Å²) in [5, 5.41) is 9.28. The number of hydrogen-bond donors (Lipinski definition) is 2. The Morgan fingerprint density at radius 2 is 1.95 bits per heavy atom. The minimum absolute atomic E-state index is 0.142. The molecule has 0 aliphatic rings. The van der Waals surface area contributed by atoms with Gasteiger partial charge in [0.25, 0.3) is 5.91 Å². The molecule has 0 fully saturated rings. The molecule has 0 atom stereocenters. The summed E-state index contributed by atoms with van der Waals surface area (Å²) in [5.41, 5.74) is 1.74. The number of nitrogens with zero attached hydrogens (tertiary/aromatic N) is 2. The summed E-state index contributed by atoms with van der Waals surface area (Å²) in [6, 6.07) is 9.78. The number of amides is 2. The Labute approximate surface area is 123 Å². The second kappa shape index (κ2) is 6.69. The van der Waals surface area contributed by atoms with E-state index in [1.807, 2.05) is 30.3 Å². The molecule has 0 saturated heterocycles. The summed E-state index contributed by atoms with van der Waals surface area (Å²) in [6.07, 6.45) is 2.62. The number of carbonyl (C=O) groups is 2. The Hall–Kier alpha value is -2.63. The first kappa shape index (κ1) is 14.8. The van der Waals surface area contributed by atoms with Gasteiger partial charge < -0.3 is 10.6 Å². The lowest BCUT2D eigenvalue weighted by Crippen LogP contribution is -2.21. The second-order valence-corrected chi connectivity index (χ2v) is 4.68. The van der Waals surface area contributed by atoms with Gasteiger partial charge in [-0.3, -0.25) is 14.3 Å². The van der Waals surface area contributed by atoms with Crippen LogP contribution in [0.15, 0.2) is 36.5 Å². The van der Waals surface area contributed by atoms with Crippen LogP contribution in [0.4, 0.5) is 5.69 Å². The van der Waals surface area contributed by atoms with E-state index in [1.165, 1.54) is 11.7 Å². The number of aryl methyl sites for hydroxylation is 2. The fourth-order valence-corrected chi connectivity index (χ4v) is 1.98. The van der Waals surface area contributed by atoms with E-state index in [9.17, 15) is 9.59 Å². The maximum Gasteiger partial charge on any atom is 0.273 e. The SMILES string of the molecule is CNC(=O)c1nn(C)cc1NC(=O)CCc1ccccc1. The molecule has 0 spiro atoms. The van der Waals surface area contributed by atoms with Crippen LogP contribution in [0.5, 0.6) is 0 Å². The van der Waals surface area contributed by atoms with Crippen LogP contribution in [0.3, 0.4) is 0 Å². The van der Waals surface area contributed by atoms with Crippen molar-refractivity contribution in [2.45, 2.75) is 12.8 Å². The van der Waals surface area contributed by atoms with Crippen molar-refractivity contribution in [1.82, 2.24) is 15.1 Å². The molecule has 0 aliphatic heterocycles. The van der Waals surface area contributed by atoms with Crippen LogP contribution in [0, 0.1) is 0 Å². The third-order valence-corrected chi connectivity index (χ3v) is 3.03. The van der Waals surface area contributed by atoms with Crippen molar-refractivity contribution >= 4 is 17.5 Å². The lowest BCUT2D eigenvalue weighted by molar-refractivity contribution is -0.116. The average Bonchev–Trinajstić information content (AvgIpc) is 2.86. The van der Waals surface area contributed by atoms with Crippen LogP contribution in [0.2, 0.25) is 0 Å². The molecule has 6 nitrogen and oxygen atoms in total. The number of benzene rings is 1. The Bertz CT molecular complexity index is 634. The van der Waals surface area contributed by atoms with Crippen LogP contribution in [0.1, 0.15) is 22.5 Å². The topological polar surface area (TPSA) is 76.0 Å². The van der Waals surface area contributed by atoms with Gasteiger partial charge in [0.1, 0.15) is 0 Å². The predicted molar refractivity (Wildman–Crippen MR) is 80.0 cm³/mol. The van der Waals surface area contributed by atoms with Crippen LogP contribution < -0.4 is 10.6 Å². The van der Waals surface area contributed by atoms with Crippen LogP contribution in [-0.2, 0) is 18.3 Å². The van der Waals surface area contributed by atoms with Gasteiger partial charge in [-0.15, -0.1) is 0 Å². The van der Waals surface area contributed by atoms with Crippen molar-refractivity contribution in [3.63, 3.8) is 0 Å². The molecule has 21 heavy (non-hydrogen) atoms. The normalized spacial score (nSPS) is 10.2. The lowest BCUT2D eigenvalue weighted by atomic mass is 10.1. The van der Waals surface area contributed by atoms with E-state index in [1.54, 1.807) is 13.2 Å². The van der Waals surface area contributed by atoms with Gasteiger partial charge in [0.15, 0.2) is 5.69 Å². The monoisotopic (exact) mass is 286 g/mol. The van der Waals surface area contributed by atoms with Crippen LogP contribution >= 0.6 is 0 Å². The highest BCUT2D eigenvalue weighted by atomic mass is 16.2. The highest BCUT2D eigenvalue weighted by Crippen LogP contribution is 2.14. The van der Waals surface area contributed by atoms with Gasteiger partial charge >= 0.3 is 0 Å². The van der Waals surface area contributed by atoms with E-state index in [2.05, 4.69) is 15.7 Å². The third-order valence-electron chi connectivity index (χ3n) is 3.03. The standard InChI is InChI=1S/C15H18N4O2/c1-16-15(21)14-12(10-19(2)18-14)17-13(20)9-8-11-6-4-3-5-7-11/h3-7,10H,8-9H2,1-2H3,(H,16,21)(H,17,20). The van der Waals surface area contributed by atoms with Gasteiger partial charge in [-0.1, -0.05) is 30.3 Å². The highest BCUT2D eigenvalue weighted by Gasteiger charge is 2.16. The maximum absolute atomic E-state index is 12.0. The zero-order valence-electron chi connectivity index (χ0n) is 12.1. The first-order chi connectivity index (χ1) is 10.1. The smallest absolute Gasteiger partial charge is 0.273 e. The largest absolute Gasteiger partial charge is 0.354 e. The fourth-order valence-electron chi connectivity index (χ4n) is 1.98. The minimum Gasteiger partial charge on any atom is -0.354 e. The molecule has 2 N–H and O–H groups in total. The molecule has 2 rings (SSSR count). The minimum atomic E-state index is -0.325. The zero-order valence-corrected chi connectivity index (χ0v) is 12.1. The molecule has 1 heterocycles. The molecule has 0 radical (unpaired) electrons. The Morgan fingerprint density at radius 1 is 1.24 bits per heavy atom. The number of aromatic nitrogens is 2. The van der Waals surface area contributed by atoms with Gasteiger partial charge in [0.2, 0.25) is 5.91 Å². The van der Waals surface area contributed by atoms with E-state index < -0.39 is 0 Å². The van der Waals surface area contributed by atoms with E-state index in [0.717, 1.165) is 5.56 Å². The molecule has 6 heteroatoms. The van der Waals surface area contributed by atoms with Crippen molar-refractivity contribution in [2.75, 3.05) is 12.4 Å². The molecule has 2 amide bonds. The van der Waals surface area contributed by atoms with E-state index >= 15 is 0 Å². The summed E-state index contributed by atoms with van der Waals surface area (Å²) in [6.45, 7) is 0. The molecule has 2 aromatic rings. The molecular weight excluding hydrogens is 268 g/mol. The molecule has 0 bridgehead atoms. The number of nitrogens with one attached hydrogen (secondary N) is 2. The van der Waals surface area contributed by atoms with Crippen molar-refractivity contribution in [2.24, 2.45) is 7.05 Å². The van der Waals surface area contributed by atoms with Crippen LogP contribution in [0.25, 0.3) is 0 Å². The average molecular weight is 286 g/mol. The third kappa shape index (κ3) is 3.92. The summed E-state index contributed by atoms with van der Waals surface area (Å²) in [4.78, 5) is 23.6. The Morgan fingerprint density at radius 3 is 2.62 bits per heavy atom. The van der Waals surface area contributed by atoms with Gasteiger partial charge in [0.05, 0.1) is 5.69 Å². The summed E-state index contributed by atoms with van der Waals surface area (Å²) in [5.74, 6) is -0.467. The molecule has 1 aromatic heterocycles. The number of hydrogen-bond acceptors (Lipinski definition) is 3. The molecule has 1 aromatic carbocycles. The first-order valence-corrected chi connectivity index (χ1v) is 6.69. The Balaban J connectivity index is 1.98. The summed E-state index contributed by atoms with van der Waals surface area (Å²) >= 11 is 0. The van der Waals surface area contributed by atoms with Gasteiger partial charge in [-0.2, -0.15) is 5.10 Å². The summed E-state index contributed by atoms with van der Waals surface area (Å²) < 4.78 is 1.50. The van der Waals surface area contributed by atoms with Gasteiger partial charge in [-0.05, 0) is 12.0 Å². The molecule has 0 unspecified atom stereocenters. The molecule has 110 valence electrons. The van der Waals surface area contributed by atoms with Crippen molar-refractivity contribution in [3.8, 4) is 0 Å². The maximum atomic E-state index is 12.0. The molecular formula is C15H18N4O2. The van der Waals surface area contributed by atoms with E-state index in [0.29, 0.717) is 18.5 Å². The first-order valence-electron chi connectivity index (χ1n) is 6.69. The Kier molecular flexibility index (Phi) is 4.71. The second-order valence-electron chi connectivity index (χ2n) is 4.68.